The first kappa shape index (κ1) is 24.3. The maximum atomic E-state index is 12.9. The lowest BCUT2D eigenvalue weighted by Gasteiger charge is -2.24. The molecule has 8 heteroatoms. The predicted octanol–water partition coefficient (Wildman–Crippen LogP) is 5.57. The van der Waals surface area contributed by atoms with Crippen molar-refractivity contribution in [1.29, 1.82) is 0 Å². The van der Waals surface area contributed by atoms with Gasteiger partial charge in [-0.1, -0.05) is 55.8 Å². The molecule has 1 aromatic heterocycles. The molecule has 0 aliphatic heterocycles. The van der Waals surface area contributed by atoms with Crippen LogP contribution in [0.4, 0.5) is 4.79 Å². The number of rotatable bonds is 5. The number of hydrogen-bond donors (Lipinski definition) is 1. The molecule has 0 aliphatic carbocycles. The highest BCUT2D eigenvalue weighted by molar-refractivity contribution is 6.33. The summed E-state index contributed by atoms with van der Waals surface area (Å²) < 4.78 is 16.1. The molecule has 0 radical (unpaired) electrons. The molecule has 0 aliphatic rings. The number of amides is 1. The van der Waals surface area contributed by atoms with Crippen LogP contribution >= 0.6 is 11.6 Å². The van der Waals surface area contributed by atoms with Gasteiger partial charge in [-0.25, -0.2) is 14.4 Å². The molecule has 0 bridgehead atoms. The highest BCUT2D eigenvalue weighted by atomic mass is 35.5. The van der Waals surface area contributed by atoms with Crippen LogP contribution in [0.15, 0.2) is 57.7 Å². The molecule has 174 valence electrons. The Morgan fingerprint density at radius 2 is 1.73 bits per heavy atom. The molecule has 33 heavy (non-hydrogen) atoms. The monoisotopic (exact) mass is 471 g/mol. The fourth-order valence-corrected chi connectivity index (χ4v) is 3.40. The van der Waals surface area contributed by atoms with Gasteiger partial charge in [-0.05, 0) is 43.9 Å². The van der Waals surface area contributed by atoms with E-state index in [-0.39, 0.29) is 22.3 Å². The van der Waals surface area contributed by atoms with Gasteiger partial charge in [-0.2, -0.15) is 0 Å². The first-order valence-corrected chi connectivity index (χ1v) is 10.9. The number of nitrogens with one attached hydrogen (secondary N) is 1. The maximum Gasteiger partial charge on any atom is 0.408 e. The first-order chi connectivity index (χ1) is 15.4. The van der Waals surface area contributed by atoms with Gasteiger partial charge in [0.25, 0.3) is 0 Å². The highest BCUT2D eigenvalue weighted by Gasteiger charge is 2.29. The number of ether oxygens (including phenoxy) is 2. The van der Waals surface area contributed by atoms with Crippen LogP contribution in [0.25, 0.3) is 22.1 Å². The van der Waals surface area contributed by atoms with Crippen molar-refractivity contribution in [3.63, 3.8) is 0 Å². The second-order valence-corrected chi connectivity index (χ2v) is 9.32. The van der Waals surface area contributed by atoms with Crippen LogP contribution in [0.2, 0.25) is 5.02 Å². The maximum absolute atomic E-state index is 12.9. The van der Waals surface area contributed by atoms with Crippen molar-refractivity contribution in [3.05, 3.63) is 64.0 Å². The molecule has 7 nitrogen and oxygen atoms in total. The van der Waals surface area contributed by atoms with E-state index in [2.05, 4.69) is 5.32 Å². The number of fused-ring (bicyclic) bond motifs is 1. The van der Waals surface area contributed by atoms with E-state index in [1.165, 1.54) is 12.1 Å². The summed E-state index contributed by atoms with van der Waals surface area (Å²) in [6.45, 7) is 8.69. The quantitative estimate of drug-likeness (QED) is 0.297. The van der Waals surface area contributed by atoms with Gasteiger partial charge in [0.2, 0.25) is 0 Å². The van der Waals surface area contributed by atoms with Crippen LogP contribution in [0, 0.1) is 5.92 Å². The van der Waals surface area contributed by atoms with E-state index in [1.54, 1.807) is 40.7 Å². The lowest BCUT2D eigenvalue weighted by Crippen LogP contribution is -2.48. The van der Waals surface area contributed by atoms with E-state index >= 15 is 0 Å². The molecule has 1 amide bonds. The lowest BCUT2D eigenvalue weighted by atomic mass is 10.0. The van der Waals surface area contributed by atoms with E-state index in [0.29, 0.717) is 10.9 Å². The third kappa shape index (κ3) is 6.14. The summed E-state index contributed by atoms with van der Waals surface area (Å²) in [6, 6.07) is 12.7. The van der Waals surface area contributed by atoms with Gasteiger partial charge in [-0.15, -0.1) is 0 Å². The second kappa shape index (κ2) is 9.67. The fraction of sp³-hybridized carbons (Fsp3) is 0.320. The van der Waals surface area contributed by atoms with Crippen LogP contribution in [0.1, 0.15) is 34.6 Å². The molecular weight excluding hydrogens is 446 g/mol. The first-order valence-electron chi connectivity index (χ1n) is 10.5. The third-order valence-corrected chi connectivity index (χ3v) is 4.98. The Hall–Kier alpha value is -3.32. The number of halogens is 1. The summed E-state index contributed by atoms with van der Waals surface area (Å²) in [7, 11) is 0. The molecule has 0 saturated heterocycles. The zero-order chi connectivity index (χ0) is 24.3. The van der Waals surface area contributed by atoms with Crippen LogP contribution in [-0.2, 0) is 9.53 Å². The molecule has 1 unspecified atom stereocenters. The van der Waals surface area contributed by atoms with E-state index < -0.39 is 29.3 Å². The van der Waals surface area contributed by atoms with Gasteiger partial charge >= 0.3 is 17.7 Å². The molecule has 1 atom stereocenters. The number of esters is 1. The standard InChI is InChI=1S/C25H26ClNO6/c1-14(2)22(27-24(30)33-25(3,4)5)23(29)32-20-13-19-17(11-18(20)26)16(12-21(28)31-19)15-9-7-6-8-10-15/h6-14,22H,1-5H3,(H,27,30). The van der Waals surface area contributed by atoms with Crippen molar-refractivity contribution >= 4 is 34.6 Å². The van der Waals surface area contributed by atoms with E-state index in [1.807, 2.05) is 30.3 Å². The summed E-state index contributed by atoms with van der Waals surface area (Å²) in [6.07, 6.45) is -0.735. The van der Waals surface area contributed by atoms with Crippen LogP contribution in [0.5, 0.6) is 5.75 Å². The number of alkyl carbamates (subject to hydrolysis) is 1. The lowest BCUT2D eigenvalue weighted by molar-refractivity contribution is -0.137. The summed E-state index contributed by atoms with van der Waals surface area (Å²) in [5.74, 6) is -0.996. The smallest absolute Gasteiger partial charge is 0.408 e. The van der Waals surface area contributed by atoms with Gasteiger partial charge < -0.3 is 19.2 Å². The summed E-state index contributed by atoms with van der Waals surface area (Å²) in [5, 5.41) is 3.29. The third-order valence-electron chi connectivity index (χ3n) is 4.69. The molecule has 1 N–H and O–H groups in total. The van der Waals surface area contributed by atoms with Crippen LogP contribution < -0.4 is 15.7 Å². The molecular formula is C25H26ClNO6. The minimum atomic E-state index is -0.978. The Morgan fingerprint density at radius 1 is 1.06 bits per heavy atom. The second-order valence-electron chi connectivity index (χ2n) is 8.91. The highest BCUT2D eigenvalue weighted by Crippen LogP contribution is 2.35. The SMILES string of the molecule is CC(C)C(NC(=O)OC(C)(C)C)C(=O)Oc1cc2oc(=O)cc(-c3ccccc3)c2cc1Cl. The van der Waals surface area contributed by atoms with Crippen LogP contribution in [-0.4, -0.2) is 23.7 Å². The number of carbonyl (C=O) groups excluding carboxylic acids is 2. The number of hydrogen-bond acceptors (Lipinski definition) is 6. The van der Waals surface area contributed by atoms with Crippen molar-refractivity contribution in [2.24, 2.45) is 5.92 Å². The van der Waals surface area contributed by atoms with Crippen molar-refractivity contribution in [1.82, 2.24) is 5.32 Å². The molecule has 0 fully saturated rings. The van der Waals surface area contributed by atoms with Crippen molar-refractivity contribution in [3.8, 4) is 16.9 Å². The average molecular weight is 472 g/mol. The van der Waals surface area contributed by atoms with Crippen molar-refractivity contribution in [2.75, 3.05) is 0 Å². The minimum absolute atomic E-state index is 0.0131. The Kier molecular flexibility index (Phi) is 7.12. The van der Waals surface area contributed by atoms with E-state index in [0.717, 1.165) is 5.56 Å². The Labute approximate surface area is 196 Å². The summed E-state index contributed by atoms with van der Waals surface area (Å²) in [5.41, 5.74) is 0.416. The fourth-order valence-electron chi connectivity index (χ4n) is 3.20. The van der Waals surface area contributed by atoms with Gasteiger partial charge in [0.05, 0.1) is 5.02 Å². The van der Waals surface area contributed by atoms with Crippen LogP contribution in [0.3, 0.4) is 0 Å². The van der Waals surface area contributed by atoms with Crippen molar-refractivity contribution < 1.29 is 23.5 Å². The molecule has 1 heterocycles. The zero-order valence-electron chi connectivity index (χ0n) is 19.1. The Morgan fingerprint density at radius 3 is 2.33 bits per heavy atom. The molecule has 0 spiro atoms. The normalized spacial score (nSPS) is 12.5. The molecule has 3 aromatic rings. The van der Waals surface area contributed by atoms with Gasteiger partial charge in [0, 0.05) is 17.5 Å². The van der Waals surface area contributed by atoms with E-state index in [4.69, 9.17) is 25.5 Å². The average Bonchev–Trinajstić information content (AvgIpc) is 2.71. The van der Waals surface area contributed by atoms with Gasteiger partial charge in [-0.3, -0.25) is 0 Å². The Balaban J connectivity index is 1.92. The van der Waals surface area contributed by atoms with Gasteiger partial charge in [0.15, 0.2) is 5.75 Å². The molecule has 0 saturated carbocycles. The Bertz CT molecular complexity index is 1230. The van der Waals surface area contributed by atoms with Crippen molar-refractivity contribution in [2.45, 2.75) is 46.3 Å². The summed E-state index contributed by atoms with van der Waals surface area (Å²) in [4.78, 5) is 37.2. The summed E-state index contributed by atoms with van der Waals surface area (Å²) >= 11 is 6.41. The molecule has 3 rings (SSSR count). The number of benzene rings is 2. The van der Waals surface area contributed by atoms with Gasteiger partial charge in [0.1, 0.15) is 17.2 Å². The zero-order valence-corrected chi connectivity index (χ0v) is 19.9. The molecule has 2 aromatic carbocycles. The minimum Gasteiger partial charge on any atom is -0.444 e. The number of carbonyl (C=O) groups is 2. The largest absolute Gasteiger partial charge is 0.444 e. The topological polar surface area (TPSA) is 94.8 Å². The van der Waals surface area contributed by atoms with E-state index in [9.17, 15) is 14.4 Å². The predicted molar refractivity (Wildman–Crippen MR) is 127 cm³/mol.